The van der Waals surface area contributed by atoms with Crippen LogP contribution in [0.5, 0.6) is 0 Å². The quantitative estimate of drug-likeness (QED) is 0.828. The number of hydrogen-bond donors (Lipinski definition) is 1. The van der Waals surface area contributed by atoms with Gasteiger partial charge >= 0.3 is 0 Å². The van der Waals surface area contributed by atoms with Crippen molar-refractivity contribution in [3.63, 3.8) is 0 Å². The van der Waals surface area contributed by atoms with Gasteiger partial charge in [-0.15, -0.1) is 0 Å². The summed E-state index contributed by atoms with van der Waals surface area (Å²) in [4.78, 5) is 0. The number of allylic oxidation sites excluding steroid dienone is 3. The molecule has 0 aromatic heterocycles. The number of nitrogens with one attached hydrogen (secondary N) is 1. The van der Waals surface area contributed by atoms with Crippen LogP contribution in [0.25, 0.3) is 0 Å². The zero-order valence-corrected chi connectivity index (χ0v) is 10.0. The van der Waals surface area contributed by atoms with Crippen LogP contribution in [0, 0.1) is 5.41 Å². The maximum Gasteiger partial charge on any atom is 0.123 e. The molecule has 2 rings (SSSR count). The van der Waals surface area contributed by atoms with E-state index in [-0.39, 0.29) is 6.10 Å². The summed E-state index contributed by atoms with van der Waals surface area (Å²) in [6, 6.07) is 10.2. The van der Waals surface area contributed by atoms with E-state index in [1.54, 1.807) is 6.08 Å². The first-order chi connectivity index (χ1) is 8.29. The maximum absolute atomic E-state index is 7.48. The Morgan fingerprint density at radius 3 is 2.59 bits per heavy atom. The van der Waals surface area contributed by atoms with Crippen LogP contribution in [0.2, 0.25) is 0 Å². The molecule has 1 unspecified atom stereocenters. The highest BCUT2D eigenvalue weighted by atomic mass is 16.5. The van der Waals surface area contributed by atoms with Gasteiger partial charge in [0, 0.05) is 12.1 Å². The highest BCUT2D eigenvalue weighted by molar-refractivity contribution is 5.94. The van der Waals surface area contributed by atoms with Gasteiger partial charge in [0.25, 0.3) is 0 Å². The molecule has 0 heterocycles. The van der Waals surface area contributed by atoms with Crippen LogP contribution >= 0.6 is 0 Å². The van der Waals surface area contributed by atoms with E-state index in [4.69, 9.17) is 10.1 Å². The first-order valence-corrected chi connectivity index (χ1v) is 5.97. The molecule has 0 aliphatic heterocycles. The Hall–Kier alpha value is -1.83. The van der Waals surface area contributed by atoms with Crippen molar-refractivity contribution >= 4 is 5.71 Å². The van der Waals surface area contributed by atoms with Crippen LogP contribution in [0.4, 0.5) is 0 Å². The van der Waals surface area contributed by atoms with E-state index in [2.05, 4.69) is 19.1 Å². The first kappa shape index (κ1) is 11.6. The molecule has 1 aliphatic carbocycles. The molecule has 0 saturated heterocycles. The van der Waals surface area contributed by atoms with Gasteiger partial charge in [-0.25, -0.2) is 0 Å². The van der Waals surface area contributed by atoms with Gasteiger partial charge in [0.15, 0.2) is 0 Å². The van der Waals surface area contributed by atoms with Gasteiger partial charge in [0.2, 0.25) is 0 Å². The van der Waals surface area contributed by atoms with E-state index >= 15 is 0 Å². The summed E-state index contributed by atoms with van der Waals surface area (Å²) in [6.45, 7) is 2.12. The largest absolute Gasteiger partial charge is 0.486 e. The normalized spacial score (nSPS) is 16.5. The van der Waals surface area contributed by atoms with E-state index in [1.165, 1.54) is 5.56 Å². The van der Waals surface area contributed by atoms with Crippen molar-refractivity contribution in [1.29, 1.82) is 5.41 Å². The Kier molecular flexibility index (Phi) is 3.76. The average molecular weight is 227 g/mol. The maximum atomic E-state index is 7.48. The van der Waals surface area contributed by atoms with Crippen LogP contribution < -0.4 is 0 Å². The molecule has 0 spiro atoms. The molecule has 0 saturated carbocycles. The average Bonchev–Trinajstić information content (AvgIpc) is 2.39. The second-order valence-corrected chi connectivity index (χ2v) is 4.09. The topological polar surface area (TPSA) is 33.1 Å². The second-order valence-electron chi connectivity index (χ2n) is 4.09. The van der Waals surface area contributed by atoms with Crippen molar-refractivity contribution in [1.82, 2.24) is 0 Å². The van der Waals surface area contributed by atoms with E-state index in [0.29, 0.717) is 12.1 Å². The zero-order chi connectivity index (χ0) is 12.1. The van der Waals surface area contributed by atoms with Crippen LogP contribution in [0.15, 0.2) is 54.3 Å². The SMILES string of the molecule is CCC(OC1=CCC(=N)C=C1)c1ccccc1. The molecule has 0 radical (unpaired) electrons. The third-order valence-corrected chi connectivity index (χ3v) is 2.79. The van der Waals surface area contributed by atoms with Gasteiger partial charge in [-0.05, 0) is 30.2 Å². The molecule has 0 fully saturated rings. The molecule has 1 aromatic rings. The molecule has 2 nitrogen and oxygen atoms in total. The summed E-state index contributed by atoms with van der Waals surface area (Å²) in [5, 5.41) is 7.48. The van der Waals surface area contributed by atoms with Crippen molar-refractivity contribution in [3.8, 4) is 0 Å². The molecule has 1 atom stereocenters. The van der Waals surface area contributed by atoms with Crippen molar-refractivity contribution in [2.75, 3.05) is 0 Å². The molecule has 0 bridgehead atoms. The first-order valence-electron chi connectivity index (χ1n) is 5.97. The van der Waals surface area contributed by atoms with Crippen molar-refractivity contribution in [2.24, 2.45) is 0 Å². The molecular formula is C15H17NO. The molecular weight excluding hydrogens is 210 g/mol. The monoisotopic (exact) mass is 227 g/mol. The molecule has 1 aromatic carbocycles. The minimum absolute atomic E-state index is 0.0967. The van der Waals surface area contributed by atoms with Crippen LogP contribution in [0.1, 0.15) is 31.4 Å². The Labute approximate surface area is 102 Å². The van der Waals surface area contributed by atoms with Crippen molar-refractivity contribution in [2.45, 2.75) is 25.9 Å². The summed E-state index contributed by atoms with van der Waals surface area (Å²) >= 11 is 0. The molecule has 0 amide bonds. The minimum Gasteiger partial charge on any atom is -0.486 e. The zero-order valence-electron chi connectivity index (χ0n) is 10.0. The minimum atomic E-state index is 0.0967. The lowest BCUT2D eigenvalue weighted by molar-refractivity contribution is 0.122. The van der Waals surface area contributed by atoms with Crippen molar-refractivity contribution < 1.29 is 4.74 Å². The van der Waals surface area contributed by atoms with Gasteiger partial charge in [-0.3, -0.25) is 0 Å². The lowest BCUT2D eigenvalue weighted by Crippen LogP contribution is -2.05. The number of ether oxygens (including phenoxy) is 1. The van der Waals surface area contributed by atoms with E-state index in [1.807, 2.05) is 30.4 Å². The smallest absolute Gasteiger partial charge is 0.123 e. The predicted molar refractivity (Wildman–Crippen MR) is 70.1 cm³/mol. The van der Waals surface area contributed by atoms with E-state index < -0.39 is 0 Å². The lowest BCUT2D eigenvalue weighted by Gasteiger charge is -2.20. The molecule has 1 N–H and O–H groups in total. The van der Waals surface area contributed by atoms with Crippen LogP contribution in [-0.4, -0.2) is 5.71 Å². The summed E-state index contributed by atoms with van der Waals surface area (Å²) in [6.07, 6.45) is 7.33. The Morgan fingerprint density at radius 1 is 1.24 bits per heavy atom. The number of hydrogen-bond acceptors (Lipinski definition) is 2. The van der Waals surface area contributed by atoms with Gasteiger partial charge < -0.3 is 10.1 Å². The predicted octanol–water partition coefficient (Wildman–Crippen LogP) is 4.02. The van der Waals surface area contributed by atoms with Crippen LogP contribution in [-0.2, 0) is 4.74 Å². The fourth-order valence-electron chi connectivity index (χ4n) is 1.84. The standard InChI is InChI=1S/C15H17NO/c1-2-15(12-6-4-3-5-7-12)17-14-10-8-13(16)9-11-14/h3-8,10-11,15-16H,2,9H2,1H3. The summed E-state index contributed by atoms with van der Waals surface area (Å²) < 4.78 is 5.95. The van der Waals surface area contributed by atoms with Gasteiger partial charge in [-0.2, -0.15) is 0 Å². The van der Waals surface area contributed by atoms with Gasteiger partial charge in [0.1, 0.15) is 11.9 Å². The van der Waals surface area contributed by atoms with Crippen LogP contribution in [0.3, 0.4) is 0 Å². The fraction of sp³-hybridized carbons (Fsp3) is 0.267. The Morgan fingerprint density at radius 2 is 2.00 bits per heavy atom. The second kappa shape index (κ2) is 5.48. The molecule has 17 heavy (non-hydrogen) atoms. The third kappa shape index (κ3) is 3.06. The lowest BCUT2D eigenvalue weighted by atomic mass is 10.1. The van der Waals surface area contributed by atoms with E-state index in [0.717, 1.165) is 12.2 Å². The molecule has 1 aliphatic rings. The van der Waals surface area contributed by atoms with Gasteiger partial charge in [-0.1, -0.05) is 37.3 Å². The Balaban J connectivity index is 2.06. The fourth-order valence-corrected chi connectivity index (χ4v) is 1.84. The summed E-state index contributed by atoms with van der Waals surface area (Å²) in [7, 11) is 0. The molecule has 88 valence electrons. The number of rotatable bonds is 4. The third-order valence-electron chi connectivity index (χ3n) is 2.79. The van der Waals surface area contributed by atoms with Gasteiger partial charge in [0.05, 0.1) is 0 Å². The summed E-state index contributed by atoms with van der Waals surface area (Å²) in [5.41, 5.74) is 1.83. The Bertz CT molecular complexity index is 445. The number of benzene rings is 1. The van der Waals surface area contributed by atoms with E-state index in [9.17, 15) is 0 Å². The molecule has 2 heteroatoms. The highest BCUT2D eigenvalue weighted by Crippen LogP contribution is 2.25. The highest BCUT2D eigenvalue weighted by Gasteiger charge is 2.12. The van der Waals surface area contributed by atoms with Crippen molar-refractivity contribution in [3.05, 3.63) is 59.9 Å². The summed E-state index contributed by atoms with van der Waals surface area (Å²) in [5.74, 6) is 0.872.